The van der Waals surface area contributed by atoms with Crippen molar-refractivity contribution < 1.29 is 14.3 Å². The normalized spacial score (nSPS) is 10.2. The van der Waals surface area contributed by atoms with E-state index in [4.69, 9.17) is 4.74 Å². The molecule has 5 nitrogen and oxygen atoms in total. The van der Waals surface area contributed by atoms with Crippen molar-refractivity contribution in [2.45, 2.75) is 6.92 Å². The maximum atomic E-state index is 11.9. The molecule has 5 heteroatoms. The largest absolute Gasteiger partial charge is 0.492 e. The zero-order valence-corrected chi connectivity index (χ0v) is 15.6. The van der Waals surface area contributed by atoms with Crippen molar-refractivity contribution in [3.05, 3.63) is 84.4 Å². The van der Waals surface area contributed by atoms with Crippen LogP contribution in [0.1, 0.15) is 5.56 Å². The summed E-state index contributed by atoms with van der Waals surface area (Å²) < 4.78 is 5.61. The average Bonchev–Trinajstić information content (AvgIpc) is 2.72. The number of nitrogens with one attached hydrogen (secondary N) is 2. The molecule has 142 valence electrons. The molecule has 0 aliphatic carbocycles. The predicted molar refractivity (Wildman–Crippen MR) is 110 cm³/mol. The van der Waals surface area contributed by atoms with Crippen molar-refractivity contribution in [3.63, 3.8) is 0 Å². The lowest BCUT2D eigenvalue weighted by atomic mass is 10.1. The summed E-state index contributed by atoms with van der Waals surface area (Å²) in [6.45, 7) is 2.42. The number of amides is 2. The van der Waals surface area contributed by atoms with E-state index in [2.05, 4.69) is 10.6 Å². The molecule has 0 aliphatic rings. The van der Waals surface area contributed by atoms with E-state index < -0.39 is 11.8 Å². The molecule has 0 spiro atoms. The Labute approximate surface area is 164 Å². The highest BCUT2D eigenvalue weighted by Crippen LogP contribution is 2.21. The van der Waals surface area contributed by atoms with E-state index in [0.29, 0.717) is 11.4 Å². The summed E-state index contributed by atoms with van der Waals surface area (Å²) in [7, 11) is 0. The van der Waals surface area contributed by atoms with Crippen LogP contribution in [0.3, 0.4) is 0 Å². The molecule has 3 aromatic carbocycles. The highest BCUT2D eigenvalue weighted by molar-refractivity contribution is 6.39. The molecule has 3 rings (SSSR count). The number of aryl methyl sites for hydroxylation is 1. The van der Waals surface area contributed by atoms with E-state index in [9.17, 15) is 9.59 Å². The van der Waals surface area contributed by atoms with Gasteiger partial charge >= 0.3 is 11.8 Å². The summed E-state index contributed by atoms with van der Waals surface area (Å²) in [6, 6.07) is 25.1. The van der Waals surface area contributed by atoms with Gasteiger partial charge in [-0.25, -0.2) is 0 Å². The van der Waals surface area contributed by atoms with Crippen LogP contribution in [0.4, 0.5) is 5.69 Å². The summed E-state index contributed by atoms with van der Waals surface area (Å²) in [6.07, 6.45) is 0. The molecule has 0 heterocycles. The molecule has 0 atom stereocenters. The zero-order valence-electron chi connectivity index (χ0n) is 15.6. The van der Waals surface area contributed by atoms with Crippen molar-refractivity contribution >= 4 is 17.5 Å². The topological polar surface area (TPSA) is 67.4 Å². The maximum Gasteiger partial charge on any atom is 0.313 e. The standard InChI is InChI=1S/C23H22N2O3/c1-17-6-5-9-20(16-17)25-23(27)22(26)24-14-15-28-21-12-10-19(11-13-21)18-7-3-2-4-8-18/h2-13,16H,14-15H2,1H3,(H,24,26)(H,25,27). The van der Waals surface area contributed by atoms with Crippen molar-refractivity contribution in [2.24, 2.45) is 0 Å². The fourth-order valence-corrected chi connectivity index (χ4v) is 2.70. The Balaban J connectivity index is 1.41. The predicted octanol–water partition coefficient (Wildman–Crippen LogP) is 3.80. The Morgan fingerprint density at radius 1 is 0.821 bits per heavy atom. The lowest BCUT2D eigenvalue weighted by molar-refractivity contribution is -0.136. The molecule has 0 saturated heterocycles. The van der Waals surface area contributed by atoms with Crippen LogP contribution in [0, 0.1) is 6.92 Å². The van der Waals surface area contributed by atoms with Crippen LogP contribution in [-0.2, 0) is 9.59 Å². The van der Waals surface area contributed by atoms with Crippen molar-refractivity contribution in [1.29, 1.82) is 0 Å². The molecule has 0 aliphatic heterocycles. The van der Waals surface area contributed by atoms with Gasteiger partial charge in [0.1, 0.15) is 12.4 Å². The van der Waals surface area contributed by atoms with E-state index in [1.54, 1.807) is 12.1 Å². The Kier molecular flexibility index (Phi) is 6.41. The lowest BCUT2D eigenvalue weighted by Crippen LogP contribution is -2.37. The van der Waals surface area contributed by atoms with Gasteiger partial charge in [0.2, 0.25) is 0 Å². The molecular formula is C23H22N2O3. The van der Waals surface area contributed by atoms with E-state index in [1.807, 2.05) is 73.7 Å². The van der Waals surface area contributed by atoms with Crippen LogP contribution >= 0.6 is 0 Å². The Hall–Kier alpha value is -3.60. The number of benzene rings is 3. The second kappa shape index (κ2) is 9.37. The first-order valence-electron chi connectivity index (χ1n) is 9.06. The molecule has 0 saturated carbocycles. The third kappa shape index (κ3) is 5.45. The lowest BCUT2D eigenvalue weighted by Gasteiger charge is -2.09. The van der Waals surface area contributed by atoms with Gasteiger partial charge < -0.3 is 15.4 Å². The molecule has 3 aromatic rings. The second-order valence-corrected chi connectivity index (χ2v) is 6.32. The van der Waals surface area contributed by atoms with Gasteiger partial charge in [0.15, 0.2) is 0 Å². The molecule has 2 N–H and O–H groups in total. The third-order valence-electron chi connectivity index (χ3n) is 4.10. The van der Waals surface area contributed by atoms with Crippen molar-refractivity contribution in [2.75, 3.05) is 18.5 Å². The first-order valence-corrected chi connectivity index (χ1v) is 9.06. The molecule has 0 aromatic heterocycles. The summed E-state index contributed by atoms with van der Waals surface area (Å²) in [5, 5.41) is 5.12. The number of anilines is 1. The SMILES string of the molecule is Cc1cccc(NC(=O)C(=O)NCCOc2ccc(-c3ccccc3)cc2)c1. The van der Waals surface area contributed by atoms with Crippen LogP contribution in [-0.4, -0.2) is 25.0 Å². The smallest absolute Gasteiger partial charge is 0.313 e. The van der Waals surface area contributed by atoms with Crippen molar-refractivity contribution in [3.8, 4) is 16.9 Å². The van der Waals surface area contributed by atoms with Gasteiger partial charge in [-0.3, -0.25) is 9.59 Å². The molecule has 0 unspecified atom stereocenters. The minimum atomic E-state index is -0.696. The summed E-state index contributed by atoms with van der Waals surface area (Å²) in [4.78, 5) is 23.8. The highest BCUT2D eigenvalue weighted by atomic mass is 16.5. The number of rotatable bonds is 6. The van der Waals surface area contributed by atoms with Gasteiger partial charge in [-0.05, 0) is 47.9 Å². The van der Waals surface area contributed by atoms with E-state index >= 15 is 0 Å². The molecular weight excluding hydrogens is 352 g/mol. The number of carbonyl (C=O) groups is 2. The number of ether oxygens (including phenoxy) is 1. The van der Waals surface area contributed by atoms with Gasteiger partial charge in [-0.15, -0.1) is 0 Å². The van der Waals surface area contributed by atoms with Crippen molar-refractivity contribution in [1.82, 2.24) is 5.32 Å². The van der Waals surface area contributed by atoms with Gasteiger partial charge in [-0.2, -0.15) is 0 Å². The highest BCUT2D eigenvalue weighted by Gasteiger charge is 2.13. The van der Waals surface area contributed by atoms with E-state index in [-0.39, 0.29) is 13.2 Å². The first kappa shape index (κ1) is 19.2. The summed E-state index contributed by atoms with van der Waals surface area (Å²) >= 11 is 0. The minimum absolute atomic E-state index is 0.237. The van der Waals surface area contributed by atoms with Gasteiger partial charge in [-0.1, -0.05) is 54.6 Å². The second-order valence-electron chi connectivity index (χ2n) is 6.32. The first-order chi connectivity index (χ1) is 13.6. The van der Waals surface area contributed by atoms with Crippen LogP contribution in [0.5, 0.6) is 5.75 Å². The molecule has 28 heavy (non-hydrogen) atoms. The fourth-order valence-electron chi connectivity index (χ4n) is 2.70. The molecule has 2 amide bonds. The number of hydrogen-bond donors (Lipinski definition) is 2. The number of hydrogen-bond acceptors (Lipinski definition) is 3. The van der Waals surface area contributed by atoms with Gasteiger partial charge in [0.05, 0.1) is 6.54 Å². The van der Waals surface area contributed by atoms with Gasteiger partial charge in [0.25, 0.3) is 0 Å². The summed E-state index contributed by atoms with van der Waals surface area (Å²) in [5.41, 5.74) is 3.84. The average molecular weight is 374 g/mol. The summed E-state index contributed by atoms with van der Waals surface area (Å²) in [5.74, 6) is -0.680. The van der Waals surface area contributed by atoms with E-state index in [1.165, 1.54) is 0 Å². The molecule has 0 radical (unpaired) electrons. The van der Waals surface area contributed by atoms with Crippen LogP contribution < -0.4 is 15.4 Å². The molecule has 0 fully saturated rings. The maximum absolute atomic E-state index is 11.9. The quantitative estimate of drug-likeness (QED) is 0.509. The fraction of sp³-hybridized carbons (Fsp3) is 0.130. The third-order valence-corrected chi connectivity index (χ3v) is 4.10. The number of carbonyl (C=O) groups excluding carboxylic acids is 2. The Morgan fingerprint density at radius 3 is 2.25 bits per heavy atom. The Bertz CT molecular complexity index is 938. The Morgan fingerprint density at radius 2 is 1.54 bits per heavy atom. The van der Waals surface area contributed by atoms with E-state index in [0.717, 1.165) is 16.7 Å². The monoisotopic (exact) mass is 374 g/mol. The van der Waals surface area contributed by atoms with Crippen LogP contribution in [0.15, 0.2) is 78.9 Å². The van der Waals surface area contributed by atoms with Gasteiger partial charge in [0, 0.05) is 5.69 Å². The van der Waals surface area contributed by atoms with Crippen LogP contribution in [0.25, 0.3) is 11.1 Å². The molecule has 0 bridgehead atoms. The zero-order chi connectivity index (χ0) is 19.8. The van der Waals surface area contributed by atoms with Crippen LogP contribution in [0.2, 0.25) is 0 Å². The minimum Gasteiger partial charge on any atom is -0.492 e.